The summed E-state index contributed by atoms with van der Waals surface area (Å²) >= 11 is 0. The first-order valence-corrected chi connectivity index (χ1v) is 25.3. The van der Waals surface area contributed by atoms with E-state index in [1.807, 2.05) is 24.3 Å². The molecule has 2 heterocycles. The molecule has 0 saturated heterocycles. The Morgan fingerprint density at radius 3 is 1.11 bits per heavy atom. The molecule has 0 unspecified atom stereocenters. The van der Waals surface area contributed by atoms with E-state index in [-0.39, 0.29) is 64.2 Å². The lowest BCUT2D eigenvalue weighted by Gasteiger charge is -2.15. The van der Waals surface area contributed by atoms with Crippen LogP contribution in [0.2, 0.25) is 0 Å². The number of nitrogens with one attached hydrogen (secondary N) is 2. The summed E-state index contributed by atoms with van der Waals surface area (Å²) < 4.78 is 149. The van der Waals surface area contributed by atoms with Gasteiger partial charge in [-0.05, 0) is 168 Å². The molecular formula is C62H48F12N6O8. The molecule has 0 saturated carbocycles. The maximum absolute atomic E-state index is 13.0. The Morgan fingerprint density at radius 1 is 0.364 bits per heavy atom. The molecule has 10 N–H and O–H groups in total. The molecule has 26 heteroatoms. The molecule has 2 amide bonds. The van der Waals surface area contributed by atoms with E-state index in [1.165, 1.54) is 54.6 Å². The van der Waals surface area contributed by atoms with Crippen molar-refractivity contribution in [3.8, 4) is 33.4 Å². The third kappa shape index (κ3) is 18.2. The Labute approximate surface area is 492 Å². The van der Waals surface area contributed by atoms with Gasteiger partial charge < -0.3 is 43.0 Å². The molecule has 0 radical (unpaired) electrons. The number of nitrogens with two attached hydrogens (primary N) is 4. The predicted molar refractivity (Wildman–Crippen MR) is 305 cm³/mol. The van der Waals surface area contributed by atoms with E-state index in [1.54, 1.807) is 80.6 Å². The first-order chi connectivity index (χ1) is 40.8. The van der Waals surface area contributed by atoms with Crippen molar-refractivity contribution in [3.05, 3.63) is 213 Å². The number of esters is 4. The fourth-order valence-electron chi connectivity index (χ4n) is 8.21. The zero-order chi connectivity index (χ0) is 65.4. The summed E-state index contributed by atoms with van der Waals surface area (Å²) in [5.41, 5.74) is 28.3. The van der Waals surface area contributed by atoms with E-state index in [0.717, 1.165) is 28.8 Å². The number of alkyl halides is 12. The van der Waals surface area contributed by atoms with E-state index in [9.17, 15) is 81.5 Å². The number of anilines is 6. The van der Waals surface area contributed by atoms with Gasteiger partial charge in [-0.3, -0.25) is 9.59 Å². The third-order valence-corrected chi connectivity index (χ3v) is 12.3. The fraction of sp³-hybridized carbons (Fsp3) is 0.129. The second-order valence-electron chi connectivity index (χ2n) is 19.2. The van der Waals surface area contributed by atoms with Crippen LogP contribution in [0.4, 0.5) is 86.8 Å². The van der Waals surface area contributed by atoms with Gasteiger partial charge in [0.25, 0.3) is 11.8 Å². The normalized spacial score (nSPS) is 12.4. The molecule has 0 atom stereocenters. The van der Waals surface area contributed by atoms with Crippen LogP contribution in [0.1, 0.15) is 98.2 Å². The van der Waals surface area contributed by atoms with Gasteiger partial charge in [0.15, 0.2) is 0 Å². The number of nitrogen functional groups attached to an aromatic ring is 4. The second-order valence-corrected chi connectivity index (χ2v) is 19.2. The molecule has 0 fully saturated rings. The van der Waals surface area contributed by atoms with Gasteiger partial charge in [-0.15, -0.1) is 0 Å². The highest BCUT2D eigenvalue weighted by Gasteiger charge is 2.36. The van der Waals surface area contributed by atoms with Crippen molar-refractivity contribution in [1.29, 1.82) is 0 Å². The topological polar surface area (TPSA) is 249 Å². The van der Waals surface area contributed by atoms with E-state index >= 15 is 0 Å². The van der Waals surface area contributed by atoms with E-state index in [2.05, 4.69) is 20.1 Å². The third-order valence-electron chi connectivity index (χ3n) is 12.3. The number of hydrogen-bond donors (Lipinski definition) is 6. The zero-order valence-corrected chi connectivity index (χ0v) is 46.1. The standard InChI is InChI=1S/C30H16N2O8.2C14H13F3N2.2C2H3F3/c33-25(17-5-11-21-23(13-17)29(37)39-27(21)35)31-19-7-1-15(2-8-19)16-3-9-20(10-4-16)32-26(34)18-6-12-22-24(14-18)30(38)40-28(22)36;1-8-6-9(18)2-4-11(8)12-5-3-10(19)7-13(12)14(15,16)17;1-8-6-9(2-4-12(8)18)10-3-5-13(19)11(7-10)14(15,16)17;2*1-2(3,4)5/h1-14H,(H,31,33)(H,32,34);2*2-7H,18-19H2,1H3;2*1H3. The van der Waals surface area contributed by atoms with Gasteiger partial charge in [0.05, 0.1) is 33.4 Å². The van der Waals surface area contributed by atoms with Crippen molar-refractivity contribution in [2.45, 2.75) is 52.4 Å². The van der Waals surface area contributed by atoms with Crippen molar-refractivity contribution in [2.24, 2.45) is 0 Å². The number of cyclic esters (lactones) is 4. The molecule has 2 aliphatic heterocycles. The van der Waals surface area contributed by atoms with Gasteiger partial charge in [-0.2, -0.15) is 52.7 Å². The molecule has 10 rings (SSSR count). The molecule has 0 spiro atoms. The van der Waals surface area contributed by atoms with Crippen molar-refractivity contribution >= 4 is 69.8 Å². The van der Waals surface area contributed by atoms with Crippen molar-refractivity contribution in [3.63, 3.8) is 0 Å². The minimum Gasteiger partial charge on any atom is -0.399 e. The first-order valence-electron chi connectivity index (χ1n) is 25.3. The van der Waals surface area contributed by atoms with Crippen LogP contribution >= 0.6 is 0 Å². The Hall–Kier alpha value is -10.7. The molecule has 88 heavy (non-hydrogen) atoms. The molecule has 8 aromatic rings. The van der Waals surface area contributed by atoms with Crippen molar-refractivity contribution < 1.29 is 90.9 Å². The quantitative estimate of drug-likeness (QED) is 0.0377. The van der Waals surface area contributed by atoms with Crippen LogP contribution in [0.25, 0.3) is 33.4 Å². The summed E-state index contributed by atoms with van der Waals surface area (Å²) in [6, 6.07) is 40.1. The number of carbonyl (C=O) groups is 6. The summed E-state index contributed by atoms with van der Waals surface area (Å²) in [6.45, 7) is 3.91. The molecule has 0 aliphatic carbocycles. The van der Waals surface area contributed by atoms with E-state index in [0.29, 0.717) is 45.0 Å². The van der Waals surface area contributed by atoms with Gasteiger partial charge in [-0.25, -0.2) is 19.2 Å². The van der Waals surface area contributed by atoms with Gasteiger partial charge in [0.1, 0.15) is 0 Å². The monoisotopic (exact) mass is 1230 g/mol. The minimum atomic E-state index is -4.46. The lowest BCUT2D eigenvalue weighted by atomic mass is 9.95. The minimum absolute atomic E-state index is 0.0566. The van der Waals surface area contributed by atoms with Crippen LogP contribution in [-0.2, 0) is 21.8 Å². The Bertz CT molecular complexity index is 3820. The van der Waals surface area contributed by atoms with Crippen LogP contribution in [0, 0.1) is 13.8 Å². The largest absolute Gasteiger partial charge is 0.418 e. The molecular weight excluding hydrogens is 1180 g/mol. The van der Waals surface area contributed by atoms with E-state index in [4.69, 9.17) is 22.9 Å². The first kappa shape index (κ1) is 66.5. The van der Waals surface area contributed by atoms with E-state index < -0.39 is 71.5 Å². The number of fused-ring (bicyclic) bond motifs is 2. The molecule has 458 valence electrons. The maximum atomic E-state index is 13.0. The van der Waals surface area contributed by atoms with Crippen LogP contribution in [0.5, 0.6) is 0 Å². The van der Waals surface area contributed by atoms with Crippen LogP contribution in [0.3, 0.4) is 0 Å². The number of aryl methyl sites for hydroxylation is 2. The molecule has 8 aromatic carbocycles. The Morgan fingerprint density at radius 2 is 0.716 bits per heavy atom. The van der Waals surface area contributed by atoms with Gasteiger partial charge in [-0.1, -0.05) is 48.5 Å². The Kier molecular flexibility index (Phi) is 20.2. The number of ether oxygens (including phenoxy) is 2. The maximum Gasteiger partial charge on any atom is 0.418 e. The van der Waals surface area contributed by atoms with Gasteiger partial charge in [0, 0.05) is 59.1 Å². The predicted octanol–water partition coefficient (Wildman–Crippen LogP) is 15.3. The molecule has 0 aromatic heterocycles. The number of rotatable bonds is 7. The number of carbonyl (C=O) groups excluding carboxylic acids is 6. The Balaban J connectivity index is 0.000000214. The average Bonchev–Trinajstić information content (AvgIpc) is 2.99. The lowest BCUT2D eigenvalue weighted by molar-refractivity contribution is -0.137. The summed E-state index contributed by atoms with van der Waals surface area (Å²) in [7, 11) is 0. The smallest absolute Gasteiger partial charge is 0.399 e. The SMILES string of the molecule is CC(F)(F)F.CC(F)(F)F.Cc1cc(-c2ccc(N)c(C(F)(F)F)c2)ccc1N.Cc1cc(N)ccc1-c1ccc(N)cc1C(F)(F)F.O=C(Nc1ccc(-c2ccc(NC(=O)c3ccc4c(c3)C(=O)OC4=O)cc2)cc1)c1ccc2c(c1)C(=O)OC2=O. The van der Waals surface area contributed by atoms with Gasteiger partial charge >= 0.3 is 48.6 Å². The second kappa shape index (κ2) is 26.7. The highest BCUT2D eigenvalue weighted by molar-refractivity contribution is 6.17. The van der Waals surface area contributed by atoms with Crippen LogP contribution in [0.15, 0.2) is 158 Å². The average molecular weight is 1230 g/mol. The number of hydrogen-bond acceptors (Lipinski definition) is 12. The number of amides is 2. The van der Waals surface area contributed by atoms with Crippen LogP contribution in [-0.4, -0.2) is 48.0 Å². The zero-order valence-electron chi connectivity index (χ0n) is 46.1. The fourth-order valence-corrected chi connectivity index (χ4v) is 8.21. The highest BCUT2D eigenvalue weighted by atomic mass is 19.4. The molecule has 2 aliphatic rings. The molecule has 0 bridgehead atoms. The summed E-state index contributed by atoms with van der Waals surface area (Å²) in [4.78, 5) is 72.0. The summed E-state index contributed by atoms with van der Waals surface area (Å²) in [5, 5.41) is 5.50. The highest BCUT2D eigenvalue weighted by Crippen LogP contribution is 2.40. The number of halogens is 12. The summed E-state index contributed by atoms with van der Waals surface area (Å²) in [5.74, 6) is -3.92. The van der Waals surface area contributed by atoms with Crippen molar-refractivity contribution in [1.82, 2.24) is 0 Å². The van der Waals surface area contributed by atoms with Crippen LogP contribution < -0.4 is 33.6 Å². The van der Waals surface area contributed by atoms with Gasteiger partial charge in [0.2, 0.25) is 0 Å². The molecule has 14 nitrogen and oxygen atoms in total. The summed E-state index contributed by atoms with van der Waals surface area (Å²) in [6.07, 6.45) is -16.9. The van der Waals surface area contributed by atoms with Crippen molar-refractivity contribution in [2.75, 3.05) is 33.6 Å². The lowest BCUT2D eigenvalue weighted by Crippen LogP contribution is -2.12. The number of benzene rings is 8.